The number of carboxylic acids is 1. The van der Waals surface area contributed by atoms with E-state index in [2.05, 4.69) is 10.1 Å². The van der Waals surface area contributed by atoms with Gasteiger partial charge in [0.25, 0.3) is 11.5 Å². The summed E-state index contributed by atoms with van der Waals surface area (Å²) in [6.45, 7) is 0. The molecule has 3 aromatic rings. The fourth-order valence-corrected chi connectivity index (χ4v) is 2.75. The molecule has 3 N–H and O–H groups in total. The molecular weight excluding hydrogens is 338 g/mol. The smallest absolute Gasteiger partial charge is 0.338 e. The zero-order valence-electron chi connectivity index (χ0n) is 12.2. The Kier molecular flexibility index (Phi) is 3.37. The lowest BCUT2D eigenvalue weighted by atomic mass is 10.2. The lowest BCUT2D eigenvalue weighted by molar-refractivity contribution is 0.0697. The van der Waals surface area contributed by atoms with E-state index in [1.165, 1.54) is 18.2 Å². The van der Waals surface area contributed by atoms with Crippen LogP contribution in [0.15, 0.2) is 40.3 Å². The van der Waals surface area contributed by atoms with Gasteiger partial charge in [0.1, 0.15) is 0 Å². The van der Waals surface area contributed by atoms with Crippen LogP contribution in [0.5, 0.6) is 0 Å². The average molecular weight is 349 g/mol. The molecule has 11 heteroatoms. The third kappa shape index (κ3) is 2.50. The monoisotopic (exact) mass is 349 g/mol. The minimum Gasteiger partial charge on any atom is -0.478 e. The quantitative estimate of drug-likeness (QED) is 0.595. The van der Waals surface area contributed by atoms with Crippen molar-refractivity contribution in [1.82, 2.24) is 19.4 Å². The van der Waals surface area contributed by atoms with Crippen LogP contribution in [0.3, 0.4) is 0 Å². The number of nitrogens with zero attached hydrogens (tertiary/aromatic N) is 4. The molecule has 0 aliphatic heterocycles. The van der Waals surface area contributed by atoms with Gasteiger partial charge in [-0.05, 0) is 18.2 Å². The largest absolute Gasteiger partial charge is 0.478 e. The molecule has 10 nitrogen and oxygen atoms in total. The number of carboxylic acid groups (broad SMARTS) is 1. The Morgan fingerprint density at radius 2 is 2.04 bits per heavy atom. The number of hydrogen-bond acceptors (Lipinski definition) is 7. The van der Waals surface area contributed by atoms with Gasteiger partial charge < -0.3 is 10.9 Å². The van der Waals surface area contributed by atoms with Gasteiger partial charge in [0.05, 0.1) is 27.6 Å². The van der Waals surface area contributed by atoms with Crippen molar-refractivity contribution in [2.75, 3.05) is 12.1 Å². The first-order valence-corrected chi connectivity index (χ1v) is 8.38. The van der Waals surface area contributed by atoms with Gasteiger partial charge in [0.15, 0.2) is 9.84 Å². The summed E-state index contributed by atoms with van der Waals surface area (Å²) in [4.78, 5) is 27.4. The highest BCUT2D eigenvalue weighted by atomic mass is 32.2. The van der Waals surface area contributed by atoms with Gasteiger partial charge in [-0.2, -0.15) is 9.77 Å². The minimum absolute atomic E-state index is 0.0230. The lowest BCUT2D eigenvalue weighted by Crippen LogP contribution is -2.32. The van der Waals surface area contributed by atoms with E-state index >= 15 is 0 Å². The van der Waals surface area contributed by atoms with Gasteiger partial charge >= 0.3 is 5.97 Å². The summed E-state index contributed by atoms with van der Waals surface area (Å²) in [5.41, 5.74) is -0.582. The number of carbonyl (C=O) groups is 1. The molecule has 0 unspecified atom stereocenters. The third-order valence-electron chi connectivity index (χ3n) is 3.32. The molecule has 0 atom stereocenters. The molecule has 1 aromatic carbocycles. The molecule has 0 saturated carbocycles. The van der Waals surface area contributed by atoms with Crippen LogP contribution in [0.4, 0.5) is 0 Å². The fourth-order valence-electron chi connectivity index (χ4n) is 2.10. The van der Waals surface area contributed by atoms with Gasteiger partial charge in [-0.1, -0.05) is 0 Å². The maximum absolute atomic E-state index is 12.4. The molecule has 0 fully saturated rings. The number of fused-ring (bicyclic) bond motifs is 1. The van der Waals surface area contributed by atoms with Crippen LogP contribution in [0.2, 0.25) is 0 Å². The van der Waals surface area contributed by atoms with Crippen molar-refractivity contribution in [2.45, 2.75) is 4.90 Å². The van der Waals surface area contributed by atoms with Crippen molar-refractivity contribution < 1.29 is 18.3 Å². The predicted molar refractivity (Wildman–Crippen MR) is 83.3 cm³/mol. The van der Waals surface area contributed by atoms with Gasteiger partial charge in [-0.3, -0.25) is 4.79 Å². The second-order valence-electron chi connectivity index (χ2n) is 5.02. The summed E-state index contributed by atoms with van der Waals surface area (Å²) in [5, 5.41) is 12.8. The second-order valence-corrected chi connectivity index (χ2v) is 7.03. The van der Waals surface area contributed by atoms with Crippen molar-refractivity contribution in [3.05, 3.63) is 46.5 Å². The van der Waals surface area contributed by atoms with Crippen LogP contribution in [0.25, 0.3) is 16.9 Å². The van der Waals surface area contributed by atoms with Gasteiger partial charge in [-0.15, -0.1) is 0 Å². The Labute approximate surface area is 134 Å². The van der Waals surface area contributed by atoms with Crippen LogP contribution in [-0.4, -0.2) is 45.2 Å². The van der Waals surface area contributed by atoms with Crippen LogP contribution < -0.4 is 11.4 Å². The van der Waals surface area contributed by atoms with E-state index in [-0.39, 0.29) is 27.3 Å². The van der Waals surface area contributed by atoms with Crippen molar-refractivity contribution >= 4 is 26.7 Å². The molecule has 0 aliphatic rings. The third-order valence-corrected chi connectivity index (χ3v) is 4.43. The standard InChI is InChI=1S/C13H11N5O5S/c1-24(22,23)8-2-3-10-9(4-8)11(19)18(14)13(16-10)17-6-7(5-15-17)12(20)21/h2-6H,14H2,1H3,(H,20,21). The van der Waals surface area contributed by atoms with Crippen LogP contribution in [0, 0.1) is 0 Å². The number of hydrogen-bond donors (Lipinski definition) is 2. The maximum atomic E-state index is 12.4. The topological polar surface area (TPSA) is 150 Å². The van der Waals surface area contributed by atoms with Gasteiger partial charge in [-0.25, -0.2) is 22.9 Å². The van der Waals surface area contributed by atoms with Crippen molar-refractivity contribution in [3.8, 4) is 5.95 Å². The highest BCUT2D eigenvalue weighted by Gasteiger charge is 2.16. The highest BCUT2D eigenvalue weighted by molar-refractivity contribution is 7.90. The van der Waals surface area contributed by atoms with Crippen LogP contribution in [0.1, 0.15) is 10.4 Å². The van der Waals surface area contributed by atoms with Gasteiger partial charge in [0, 0.05) is 12.5 Å². The Balaban J connectivity index is 2.27. The molecular formula is C13H11N5O5S. The first-order chi connectivity index (χ1) is 11.2. The Morgan fingerprint density at radius 1 is 1.33 bits per heavy atom. The van der Waals surface area contributed by atoms with E-state index in [1.54, 1.807) is 0 Å². The first-order valence-electron chi connectivity index (χ1n) is 6.49. The highest BCUT2D eigenvalue weighted by Crippen LogP contribution is 2.16. The number of nitrogen functional groups attached to an aromatic ring is 1. The number of aromatic carboxylic acids is 1. The summed E-state index contributed by atoms with van der Waals surface area (Å²) >= 11 is 0. The number of nitrogens with two attached hydrogens (primary N) is 1. The van der Waals surface area contributed by atoms with E-state index in [4.69, 9.17) is 10.9 Å². The minimum atomic E-state index is -3.49. The zero-order valence-corrected chi connectivity index (χ0v) is 13.1. The Bertz CT molecular complexity index is 1150. The van der Waals surface area contributed by atoms with Crippen molar-refractivity contribution in [1.29, 1.82) is 0 Å². The molecule has 0 radical (unpaired) electrons. The predicted octanol–water partition coefficient (Wildman–Crippen LogP) is -0.602. The molecule has 24 heavy (non-hydrogen) atoms. The molecule has 2 heterocycles. The van der Waals surface area contributed by atoms with Crippen LogP contribution >= 0.6 is 0 Å². The van der Waals surface area contributed by atoms with Crippen molar-refractivity contribution in [2.24, 2.45) is 0 Å². The first kappa shape index (κ1) is 15.7. The van der Waals surface area contributed by atoms with E-state index in [9.17, 15) is 18.0 Å². The molecule has 124 valence electrons. The lowest BCUT2D eigenvalue weighted by Gasteiger charge is -2.09. The SMILES string of the molecule is CS(=O)(=O)c1ccc2nc(-n3cc(C(=O)O)cn3)n(N)c(=O)c2c1. The summed E-state index contributed by atoms with van der Waals surface area (Å²) < 4.78 is 24.9. The second kappa shape index (κ2) is 5.16. The summed E-state index contributed by atoms with van der Waals surface area (Å²) in [6.07, 6.45) is 3.27. The molecule has 3 rings (SSSR count). The normalized spacial score (nSPS) is 11.7. The Hall–Kier alpha value is -3.21. The number of sulfone groups is 1. The zero-order chi connectivity index (χ0) is 17.6. The van der Waals surface area contributed by atoms with E-state index in [0.717, 1.165) is 23.3 Å². The molecule has 0 spiro atoms. The summed E-state index contributed by atoms with van der Waals surface area (Å²) in [6, 6.07) is 3.89. The van der Waals surface area contributed by atoms with Crippen molar-refractivity contribution in [3.63, 3.8) is 0 Å². The van der Waals surface area contributed by atoms with Crippen LogP contribution in [-0.2, 0) is 9.84 Å². The number of benzene rings is 1. The fraction of sp³-hybridized carbons (Fsp3) is 0.0769. The summed E-state index contributed by atoms with van der Waals surface area (Å²) in [7, 11) is -3.49. The van der Waals surface area contributed by atoms with E-state index < -0.39 is 21.4 Å². The summed E-state index contributed by atoms with van der Waals surface area (Å²) in [5.74, 6) is 4.42. The Morgan fingerprint density at radius 3 is 2.62 bits per heavy atom. The molecule has 0 bridgehead atoms. The molecule has 0 saturated heterocycles. The maximum Gasteiger partial charge on any atom is 0.338 e. The average Bonchev–Trinajstić information content (AvgIpc) is 2.99. The van der Waals surface area contributed by atoms with E-state index in [0.29, 0.717) is 4.68 Å². The number of aromatic nitrogens is 4. The molecule has 2 aromatic heterocycles. The van der Waals surface area contributed by atoms with E-state index in [1.807, 2.05) is 0 Å². The van der Waals surface area contributed by atoms with Gasteiger partial charge in [0.2, 0.25) is 0 Å². The number of rotatable bonds is 3. The molecule has 0 amide bonds. The molecule has 0 aliphatic carbocycles.